The molecule has 0 radical (unpaired) electrons. The summed E-state index contributed by atoms with van der Waals surface area (Å²) < 4.78 is 0. The number of hydrogen-bond donors (Lipinski definition) is 1. The van der Waals surface area contributed by atoms with Crippen molar-refractivity contribution in [1.29, 1.82) is 0 Å². The van der Waals surface area contributed by atoms with Crippen molar-refractivity contribution < 1.29 is 0 Å². The van der Waals surface area contributed by atoms with E-state index in [-0.39, 0.29) is 17.8 Å². The van der Waals surface area contributed by atoms with E-state index >= 15 is 0 Å². The van der Waals surface area contributed by atoms with Gasteiger partial charge in [-0.1, -0.05) is 38.1 Å². The molecule has 1 saturated carbocycles. The molecule has 0 saturated heterocycles. The quantitative estimate of drug-likeness (QED) is 0.840. The number of hydrogen-bond acceptors (Lipinski definition) is 1. The fraction of sp³-hybridized carbons (Fsp3) is 0.538. The number of rotatable bonds is 3. The van der Waals surface area contributed by atoms with Crippen molar-refractivity contribution in [1.82, 2.24) is 0 Å². The van der Waals surface area contributed by atoms with Gasteiger partial charge in [-0.2, -0.15) is 0 Å². The zero-order chi connectivity index (χ0) is 10.2. The minimum absolute atomic E-state index is 0. The van der Waals surface area contributed by atoms with Crippen molar-refractivity contribution in [2.75, 3.05) is 6.54 Å². The topological polar surface area (TPSA) is 26.0 Å². The van der Waals surface area contributed by atoms with E-state index in [0.717, 1.165) is 12.5 Å². The van der Waals surface area contributed by atoms with E-state index < -0.39 is 0 Å². The van der Waals surface area contributed by atoms with Crippen molar-refractivity contribution in [3.63, 3.8) is 0 Å². The van der Waals surface area contributed by atoms with E-state index in [9.17, 15) is 0 Å². The first-order valence-corrected chi connectivity index (χ1v) is 5.44. The molecule has 0 aromatic heterocycles. The summed E-state index contributed by atoms with van der Waals surface area (Å²) in [5.41, 5.74) is 8.93. The first-order valence-electron chi connectivity index (χ1n) is 5.44. The molecule has 15 heavy (non-hydrogen) atoms. The lowest BCUT2D eigenvalue weighted by Gasteiger charge is -2.26. The van der Waals surface area contributed by atoms with Crippen LogP contribution >= 0.6 is 12.4 Å². The lowest BCUT2D eigenvalue weighted by atomic mass is 9.81. The van der Waals surface area contributed by atoms with Crippen molar-refractivity contribution in [2.24, 2.45) is 5.73 Å². The van der Waals surface area contributed by atoms with Crippen LogP contribution in [0, 0.1) is 0 Å². The number of benzene rings is 1. The minimum atomic E-state index is 0. The molecule has 84 valence electrons. The lowest BCUT2D eigenvalue weighted by molar-refractivity contribution is 0.533. The van der Waals surface area contributed by atoms with E-state index in [0.29, 0.717) is 0 Å². The molecule has 1 fully saturated rings. The third kappa shape index (κ3) is 2.53. The Morgan fingerprint density at radius 2 is 1.87 bits per heavy atom. The van der Waals surface area contributed by atoms with E-state index in [1.165, 1.54) is 24.0 Å². The Balaban J connectivity index is 0.00000112. The summed E-state index contributed by atoms with van der Waals surface area (Å²) in [6.07, 6.45) is 2.72. The maximum absolute atomic E-state index is 5.83. The zero-order valence-corrected chi connectivity index (χ0v) is 10.3. The maximum Gasteiger partial charge on any atom is 0.00219 e. The van der Waals surface area contributed by atoms with E-state index in [2.05, 4.69) is 38.1 Å². The summed E-state index contributed by atoms with van der Waals surface area (Å²) in [4.78, 5) is 0. The molecule has 0 bridgehead atoms. The summed E-state index contributed by atoms with van der Waals surface area (Å²) in [5, 5.41) is 0. The van der Waals surface area contributed by atoms with Gasteiger partial charge >= 0.3 is 0 Å². The highest BCUT2D eigenvalue weighted by atomic mass is 35.5. The van der Waals surface area contributed by atoms with Crippen LogP contribution < -0.4 is 5.73 Å². The molecule has 1 aliphatic rings. The van der Waals surface area contributed by atoms with E-state index in [4.69, 9.17) is 5.73 Å². The molecule has 0 heterocycles. The van der Waals surface area contributed by atoms with Crippen LogP contribution in [0.15, 0.2) is 24.3 Å². The molecular weight excluding hydrogens is 206 g/mol. The average molecular weight is 226 g/mol. The van der Waals surface area contributed by atoms with E-state index in [1.807, 2.05) is 0 Å². The first kappa shape index (κ1) is 12.5. The zero-order valence-electron chi connectivity index (χ0n) is 9.49. The van der Waals surface area contributed by atoms with Crippen LogP contribution in [0.4, 0.5) is 0 Å². The van der Waals surface area contributed by atoms with Crippen LogP contribution in [0.3, 0.4) is 0 Å². The van der Waals surface area contributed by atoms with Crippen LogP contribution in [0.1, 0.15) is 43.7 Å². The summed E-state index contributed by atoms with van der Waals surface area (Å²) >= 11 is 0. The van der Waals surface area contributed by atoms with Gasteiger partial charge in [-0.3, -0.25) is 0 Å². The van der Waals surface area contributed by atoms with Gasteiger partial charge < -0.3 is 5.73 Å². The largest absolute Gasteiger partial charge is 0.330 e. The van der Waals surface area contributed by atoms with Crippen LogP contribution in [0.25, 0.3) is 0 Å². The van der Waals surface area contributed by atoms with Gasteiger partial charge in [0, 0.05) is 12.0 Å². The Kier molecular flexibility index (Phi) is 3.80. The van der Waals surface area contributed by atoms with Crippen LogP contribution in [-0.4, -0.2) is 6.54 Å². The Hall–Kier alpha value is -0.530. The van der Waals surface area contributed by atoms with Gasteiger partial charge in [0.05, 0.1) is 0 Å². The molecule has 1 aliphatic carbocycles. The molecule has 0 atom stereocenters. The van der Waals surface area contributed by atoms with Gasteiger partial charge in [0.25, 0.3) is 0 Å². The number of nitrogens with two attached hydrogens (primary N) is 1. The van der Waals surface area contributed by atoms with Gasteiger partial charge in [0.2, 0.25) is 0 Å². The molecule has 0 amide bonds. The molecule has 0 aliphatic heterocycles. The van der Waals surface area contributed by atoms with Gasteiger partial charge in [-0.25, -0.2) is 0 Å². The summed E-state index contributed by atoms with van der Waals surface area (Å²) in [6.45, 7) is 5.18. The van der Waals surface area contributed by atoms with Crippen molar-refractivity contribution >= 4 is 12.4 Å². The summed E-state index contributed by atoms with van der Waals surface area (Å²) in [5.74, 6) is 0.817. The molecule has 0 spiro atoms. The number of halogens is 1. The van der Waals surface area contributed by atoms with Gasteiger partial charge in [-0.05, 0) is 29.9 Å². The summed E-state index contributed by atoms with van der Waals surface area (Å²) in [6, 6.07) is 8.77. The Morgan fingerprint density at radius 3 is 2.40 bits per heavy atom. The normalized spacial score (nSPS) is 15.9. The molecular formula is C13H20ClN. The minimum Gasteiger partial charge on any atom is -0.330 e. The highest BCUT2D eigenvalue weighted by molar-refractivity contribution is 5.85. The molecule has 2 rings (SSSR count). The maximum atomic E-state index is 5.83. The predicted molar refractivity (Wildman–Crippen MR) is 67.7 cm³/mol. The molecule has 1 aromatic rings. The van der Waals surface area contributed by atoms with Crippen LogP contribution in [0.5, 0.6) is 0 Å². The first-order chi connectivity index (χ1) is 6.65. The molecule has 2 N–H and O–H groups in total. The highest BCUT2D eigenvalue weighted by Gasteiger charge is 2.30. The van der Waals surface area contributed by atoms with Gasteiger partial charge in [0.1, 0.15) is 0 Å². The SMILES string of the molecule is CC(C)(CN)c1ccccc1C1CC1.Cl. The molecule has 1 aromatic carbocycles. The third-order valence-electron chi connectivity index (χ3n) is 3.22. The second-order valence-electron chi connectivity index (χ2n) is 4.95. The van der Waals surface area contributed by atoms with Crippen molar-refractivity contribution in [3.05, 3.63) is 35.4 Å². The summed E-state index contributed by atoms with van der Waals surface area (Å²) in [7, 11) is 0. The molecule has 2 heteroatoms. The second-order valence-corrected chi connectivity index (χ2v) is 4.95. The lowest BCUT2D eigenvalue weighted by Crippen LogP contribution is -2.29. The van der Waals surface area contributed by atoms with E-state index in [1.54, 1.807) is 0 Å². The highest BCUT2D eigenvalue weighted by Crippen LogP contribution is 2.44. The Bertz CT molecular complexity index is 329. The predicted octanol–water partition coefficient (Wildman–Crippen LogP) is 3.22. The Labute approximate surface area is 98.5 Å². The third-order valence-corrected chi connectivity index (χ3v) is 3.22. The smallest absolute Gasteiger partial charge is 0.00219 e. The van der Waals surface area contributed by atoms with Crippen molar-refractivity contribution in [3.8, 4) is 0 Å². The fourth-order valence-corrected chi connectivity index (χ4v) is 1.97. The fourth-order valence-electron chi connectivity index (χ4n) is 1.97. The molecule has 1 nitrogen and oxygen atoms in total. The second kappa shape index (κ2) is 4.54. The van der Waals surface area contributed by atoms with Gasteiger partial charge in [0.15, 0.2) is 0 Å². The molecule has 0 unspecified atom stereocenters. The van der Waals surface area contributed by atoms with Crippen molar-refractivity contribution in [2.45, 2.75) is 38.0 Å². The average Bonchev–Trinajstić information content (AvgIpc) is 3.01. The Morgan fingerprint density at radius 1 is 1.27 bits per heavy atom. The van der Waals surface area contributed by atoms with Crippen LogP contribution in [0.2, 0.25) is 0 Å². The van der Waals surface area contributed by atoms with Crippen LogP contribution in [-0.2, 0) is 5.41 Å². The van der Waals surface area contributed by atoms with Gasteiger partial charge in [-0.15, -0.1) is 12.4 Å². The monoisotopic (exact) mass is 225 g/mol. The standard InChI is InChI=1S/C13H19N.ClH/c1-13(2,9-14)12-6-4-3-5-11(12)10-7-8-10;/h3-6,10H,7-9,14H2,1-2H3;1H.